The monoisotopic (exact) mass is 611 g/mol. The van der Waals surface area contributed by atoms with E-state index in [2.05, 4.69) is 19.2 Å². The minimum absolute atomic E-state index is 0.0214. The zero-order chi connectivity index (χ0) is 30.3. The van der Waals surface area contributed by atoms with Gasteiger partial charge in [0.2, 0.25) is 0 Å². The molecular formula is C32H39Cl2N5O3. The number of nitrogens with zero attached hydrogens (tertiary/aromatic N) is 4. The van der Waals surface area contributed by atoms with E-state index in [9.17, 15) is 14.7 Å². The highest BCUT2D eigenvalue weighted by molar-refractivity contribution is 6.31. The summed E-state index contributed by atoms with van der Waals surface area (Å²) in [5.74, 6) is -0.183. The van der Waals surface area contributed by atoms with Crippen molar-refractivity contribution in [2.75, 3.05) is 24.5 Å². The van der Waals surface area contributed by atoms with Crippen LogP contribution in [0.5, 0.6) is 0 Å². The average Bonchev–Trinajstić information content (AvgIpc) is 3.42. The van der Waals surface area contributed by atoms with Gasteiger partial charge in [-0.3, -0.25) is 14.4 Å². The maximum atomic E-state index is 14.3. The highest BCUT2D eigenvalue weighted by atomic mass is 35.5. The molecule has 2 aliphatic rings. The van der Waals surface area contributed by atoms with E-state index in [1.54, 1.807) is 9.80 Å². The summed E-state index contributed by atoms with van der Waals surface area (Å²) in [5, 5.41) is 20.7. The van der Waals surface area contributed by atoms with E-state index in [1.165, 1.54) is 0 Å². The van der Waals surface area contributed by atoms with Crippen LogP contribution in [0.2, 0.25) is 10.0 Å². The molecule has 8 nitrogen and oxygen atoms in total. The molecule has 3 amide bonds. The third-order valence-corrected chi connectivity index (χ3v) is 8.91. The molecule has 1 aromatic heterocycles. The largest absolute Gasteiger partial charge is 0.388 e. The second-order valence-corrected chi connectivity index (χ2v) is 12.8. The van der Waals surface area contributed by atoms with Crippen molar-refractivity contribution in [1.29, 1.82) is 0 Å². The Morgan fingerprint density at radius 1 is 1.10 bits per heavy atom. The number of urea groups is 1. The molecule has 42 heavy (non-hydrogen) atoms. The molecule has 2 aliphatic heterocycles. The maximum absolute atomic E-state index is 14.3. The van der Waals surface area contributed by atoms with Gasteiger partial charge in [-0.2, -0.15) is 5.10 Å². The van der Waals surface area contributed by atoms with Crippen LogP contribution in [0, 0.1) is 13.8 Å². The van der Waals surface area contributed by atoms with Crippen molar-refractivity contribution >= 4 is 40.8 Å². The van der Waals surface area contributed by atoms with Crippen LogP contribution >= 0.6 is 23.2 Å². The first-order valence-electron chi connectivity index (χ1n) is 14.7. The molecule has 0 radical (unpaired) electrons. The molecule has 2 aromatic carbocycles. The van der Waals surface area contributed by atoms with Gasteiger partial charge in [0.15, 0.2) is 5.69 Å². The number of aryl methyl sites for hydroxylation is 2. The Bertz CT molecular complexity index is 1510. The van der Waals surface area contributed by atoms with Gasteiger partial charge >= 0.3 is 6.03 Å². The topological polar surface area (TPSA) is 90.7 Å². The van der Waals surface area contributed by atoms with E-state index < -0.39 is 11.6 Å². The summed E-state index contributed by atoms with van der Waals surface area (Å²) in [4.78, 5) is 30.3. The number of fused-ring (bicyclic) bond motifs is 1. The Morgan fingerprint density at radius 2 is 1.76 bits per heavy atom. The predicted octanol–water partition coefficient (Wildman–Crippen LogP) is 6.63. The number of piperidine rings is 1. The van der Waals surface area contributed by atoms with Gasteiger partial charge < -0.3 is 15.3 Å². The Hall–Kier alpha value is -3.07. The van der Waals surface area contributed by atoms with Crippen LogP contribution in [-0.4, -0.2) is 57.0 Å². The lowest BCUT2D eigenvalue weighted by Gasteiger charge is -2.38. The lowest BCUT2D eigenvalue weighted by atomic mass is 9.90. The highest BCUT2D eigenvalue weighted by Gasteiger charge is 2.46. The van der Waals surface area contributed by atoms with Crippen LogP contribution in [-0.2, 0) is 6.54 Å². The molecule has 0 bridgehead atoms. The minimum atomic E-state index is -1.05. The number of nitrogens with one attached hydrogen (secondary N) is 1. The lowest BCUT2D eigenvalue weighted by Crippen LogP contribution is -2.51. The molecule has 1 unspecified atom stereocenters. The van der Waals surface area contributed by atoms with Crippen LogP contribution in [0.1, 0.15) is 90.4 Å². The normalized spacial score (nSPS) is 18.1. The molecule has 1 saturated heterocycles. The van der Waals surface area contributed by atoms with Crippen LogP contribution in [0.3, 0.4) is 0 Å². The number of aliphatic hydroxyl groups is 1. The van der Waals surface area contributed by atoms with Crippen molar-refractivity contribution in [3.05, 3.63) is 80.1 Å². The Morgan fingerprint density at radius 3 is 2.40 bits per heavy atom. The first-order valence-corrected chi connectivity index (χ1v) is 15.4. The first kappa shape index (κ1) is 30.4. The standard InChI is InChI=1S/C32H39Cl2N5O3/c1-6-13-35-31(41)37-14-11-32(42,12-15-37)18-38-28(19(2)3)26-27(36-38)30(40)39(25-17-23(34)8-7-20(25)4)29(26)24-10-9-22(33)16-21(24)5/h7-10,16-17,19,29,42H,6,11-15,18H2,1-5H3,(H,35,41). The SMILES string of the molecule is CCCNC(=O)N1CCC(O)(Cn2nc3c(c2C(C)C)C(c2ccc(Cl)cc2C)N(c2cc(Cl)ccc2C)C3=O)CC1. The fourth-order valence-electron chi connectivity index (χ4n) is 6.24. The van der Waals surface area contributed by atoms with Gasteiger partial charge in [-0.05, 0) is 80.0 Å². The van der Waals surface area contributed by atoms with Crippen LogP contribution < -0.4 is 10.2 Å². The zero-order valence-electron chi connectivity index (χ0n) is 24.9. The number of benzene rings is 2. The van der Waals surface area contributed by atoms with Crippen LogP contribution in [0.25, 0.3) is 0 Å². The summed E-state index contributed by atoms with van der Waals surface area (Å²) < 4.78 is 1.83. The molecule has 3 aromatic rings. The second-order valence-electron chi connectivity index (χ2n) is 11.9. The molecule has 3 heterocycles. The van der Waals surface area contributed by atoms with Gasteiger partial charge in [-0.25, -0.2) is 4.79 Å². The number of likely N-dealkylation sites (tertiary alicyclic amines) is 1. The summed E-state index contributed by atoms with van der Waals surface area (Å²) in [6.07, 6.45) is 1.72. The van der Waals surface area contributed by atoms with Gasteiger partial charge in [0, 0.05) is 46.6 Å². The van der Waals surface area contributed by atoms with E-state index in [0.717, 1.165) is 40.1 Å². The van der Waals surface area contributed by atoms with E-state index in [0.29, 0.717) is 48.2 Å². The highest BCUT2D eigenvalue weighted by Crippen LogP contribution is 2.47. The maximum Gasteiger partial charge on any atom is 0.317 e. The van der Waals surface area contributed by atoms with Gasteiger partial charge in [-0.15, -0.1) is 0 Å². The number of carbonyl (C=O) groups excluding carboxylic acids is 2. The van der Waals surface area contributed by atoms with Gasteiger partial charge in [-0.1, -0.05) is 56.1 Å². The molecule has 0 saturated carbocycles. The third kappa shape index (κ3) is 5.64. The fourth-order valence-corrected chi connectivity index (χ4v) is 6.64. The summed E-state index contributed by atoms with van der Waals surface area (Å²) in [6.45, 7) is 11.9. The molecule has 224 valence electrons. The van der Waals surface area contributed by atoms with Crippen molar-refractivity contribution in [2.24, 2.45) is 0 Å². The van der Waals surface area contributed by atoms with Crippen molar-refractivity contribution in [3.63, 3.8) is 0 Å². The summed E-state index contributed by atoms with van der Waals surface area (Å²) in [7, 11) is 0. The number of anilines is 1. The fraction of sp³-hybridized carbons (Fsp3) is 0.469. The molecule has 0 aliphatic carbocycles. The number of aromatic nitrogens is 2. The zero-order valence-corrected chi connectivity index (χ0v) is 26.4. The molecule has 2 N–H and O–H groups in total. The van der Waals surface area contributed by atoms with Crippen LogP contribution in [0.15, 0.2) is 36.4 Å². The summed E-state index contributed by atoms with van der Waals surface area (Å²) >= 11 is 12.8. The molecule has 1 atom stereocenters. The number of hydrogen-bond acceptors (Lipinski definition) is 4. The number of carbonyl (C=O) groups is 2. The van der Waals surface area contributed by atoms with Gasteiger partial charge in [0.1, 0.15) is 0 Å². The minimum Gasteiger partial charge on any atom is -0.388 e. The lowest BCUT2D eigenvalue weighted by molar-refractivity contribution is -0.0289. The molecule has 5 rings (SSSR count). The van der Waals surface area contributed by atoms with E-state index in [-0.39, 0.29) is 24.4 Å². The smallest absolute Gasteiger partial charge is 0.317 e. The van der Waals surface area contributed by atoms with Gasteiger partial charge in [0.05, 0.1) is 18.2 Å². The van der Waals surface area contributed by atoms with E-state index >= 15 is 0 Å². The number of halogens is 2. The molecule has 0 spiro atoms. The Balaban J connectivity index is 1.55. The number of amides is 3. The van der Waals surface area contributed by atoms with Crippen molar-refractivity contribution < 1.29 is 14.7 Å². The van der Waals surface area contributed by atoms with E-state index in [4.69, 9.17) is 28.3 Å². The van der Waals surface area contributed by atoms with E-state index in [1.807, 2.05) is 61.9 Å². The number of hydrogen-bond donors (Lipinski definition) is 2. The second kappa shape index (κ2) is 11.9. The molecule has 10 heteroatoms. The molecule has 1 fully saturated rings. The Kier molecular flexibility index (Phi) is 8.61. The quantitative estimate of drug-likeness (QED) is 0.314. The predicted molar refractivity (Wildman–Crippen MR) is 167 cm³/mol. The average molecular weight is 613 g/mol. The van der Waals surface area contributed by atoms with Crippen molar-refractivity contribution in [1.82, 2.24) is 20.0 Å². The van der Waals surface area contributed by atoms with Crippen molar-refractivity contribution in [3.8, 4) is 0 Å². The summed E-state index contributed by atoms with van der Waals surface area (Å²) in [6, 6.07) is 10.8. The first-order chi connectivity index (χ1) is 19.9. The number of rotatable bonds is 7. The van der Waals surface area contributed by atoms with Crippen molar-refractivity contribution in [2.45, 2.75) is 78.0 Å². The van der Waals surface area contributed by atoms with Crippen LogP contribution in [0.4, 0.5) is 10.5 Å². The molecular weight excluding hydrogens is 573 g/mol. The van der Waals surface area contributed by atoms with Gasteiger partial charge in [0.25, 0.3) is 5.91 Å². The summed E-state index contributed by atoms with van der Waals surface area (Å²) in [5.41, 5.74) is 4.68. The third-order valence-electron chi connectivity index (χ3n) is 8.44. The Labute approximate surface area is 257 Å².